The molecule has 0 aliphatic heterocycles. The van der Waals surface area contributed by atoms with Crippen LogP contribution in [0.4, 0.5) is 5.69 Å². The highest BCUT2D eigenvalue weighted by molar-refractivity contribution is 5.93. The smallest absolute Gasteiger partial charge is 0.238 e. The van der Waals surface area contributed by atoms with Crippen molar-refractivity contribution >= 4 is 11.6 Å². The summed E-state index contributed by atoms with van der Waals surface area (Å²) in [5, 5.41) is 10.3. The van der Waals surface area contributed by atoms with Crippen LogP contribution in [0.15, 0.2) is 0 Å². The summed E-state index contributed by atoms with van der Waals surface area (Å²) in [5.74, 6) is 0.00570. The van der Waals surface area contributed by atoms with E-state index in [4.69, 9.17) is 0 Å². The van der Waals surface area contributed by atoms with Gasteiger partial charge in [-0.25, -0.2) is 0 Å². The first-order chi connectivity index (χ1) is 8.95. The van der Waals surface area contributed by atoms with Crippen molar-refractivity contribution in [1.29, 1.82) is 0 Å². The highest BCUT2D eigenvalue weighted by atomic mass is 16.2. The van der Waals surface area contributed by atoms with Crippen molar-refractivity contribution in [1.82, 2.24) is 20.0 Å². The van der Waals surface area contributed by atoms with Crippen molar-refractivity contribution in [2.24, 2.45) is 7.05 Å². The molecule has 0 fully saturated rings. The zero-order valence-corrected chi connectivity index (χ0v) is 12.6. The molecule has 0 atom stereocenters. The van der Waals surface area contributed by atoms with Gasteiger partial charge in [-0.2, -0.15) is 5.10 Å². The van der Waals surface area contributed by atoms with Crippen molar-refractivity contribution in [3.63, 3.8) is 0 Å². The summed E-state index contributed by atoms with van der Waals surface area (Å²) in [7, 11) is 5.76. The standard InChI is InChI=1S/C13H25N5O/c1-10-13(11(2)18(5)16-10)15-12(19)9-17(4)8-6-7-14-3/h14H,6-9H2,1-5H3,(H,15,19). The van der Waals surface area contributed by atoms with Gasteiger partial charge >= 0.3 is 0 Å². The van der Waals surface area contributed by atoms with E-state index in [2.05, 4.69) is 15.7 Å². The number of aryl methyl sites for hydroxylation is 2. The predicted octanol–water partition coefficient (Wildman–Crippen LogP) is 0.517. The van der Waals surface area contributed by atoms with E-state index in [1.54, 1.807) is 4.68 Å². The SMILES string of the molecule is CNCCCN(C)CC(=O)Nc1c(C)nn(C)c1C. The number of carbonyl (C=O) groups is 1. The predicted molar refractivity (Wildman–Crippen MR) is 77.4 cm³/mol. The Morgan fingerprint density at radius 3 is 2.63 bits per heavy atom. The molecule has 1 amide bonds. The Hall–Kier alpha value is -1.40. The molecule has 1 aromatic heterocycles. The molecule has 108 valence electrons. The van der Waals surface area contributed by atoms with Crippen LogP contribution in [0.25, 0.3) is 0 Å². The fourth-order valence-electron chi connectivity index (χ4n) is 1.98. The number of nitrogens with one attached hydrogen (secondary N) is 2. The molecule has 0 aliphatic rings. The van der Waals surface area contributed by atoms with Crippen molar-refractivity contribution in [3.05, 3.63) is 11.4 Å². The number of rotatable bonds is 7. The highest BCUT2D eigenvalue weighted by Gasteiger charge is 2.13. The number of hydrogen-bond donors (Lipinski definition) is 2. The highest BCUT2D eigenvalue weighted by Crippen LogP contribution is 2.17. The second-order valence-electron chi connectivity index (χ2n) is 4.91. The number of amides is 1. The van der Waals surface area contributed by atoms with Crippen LogP contribution in [0.1, 0.15) is 17.8 Å². The lowest BCUT2D eigenvalue weighted by molar-refractivity contribution is -0.117. The van der Waals surface area contributed by atoms with Crippen LogP contribution >= 0.6 is 0 Å². The van der Waals surface area contributed by atoms with Crippen molar-refractivity contribution in [2.75, 3.05) is 39.0 Å². The fourth-order valence-corrected chi connectivity index (χ4v) is 1.98. The van der Waals surface area contributed by atoms with E-state index in [1.165, 1.54) is 0 Å². The molecule has 0 aromatic carbocycles. The molecule has 19 heavy (non-hydrogen) atoms. The first-order valence-electron chi connectivity index (χ1n) is 6.59. The van der Waals surface area contributed by atoms with Gasteiger partial charge in [-0.15, -0.1) is 0 Å². The molecule has 1 heterocycles. The molecular weight excluding hydrogens is 242 g/mol. The molecule has 0 aliphatic carbocycles. The molecule has 0 saturated carbocycles. The van der Waals surface area contributed by atoms with Crippen LogP contribution in [-0.4, -0.2) is 54.3 Å². The second-order valence-corrected chi connectivity index (χ2v) is 4.91. The van der Waals surface area contributed by atoms with Gasteiger partial charge in [-0.05, 0) is 47.5 Å². The summed E-state index contributed by atoms with van der Waals surface area (Å²) in [6, 6.07) is 0. The minimum Gasteiger partial charge on any atom is -0.322 e. The molecule has 0 saturated heterocycles. The maximum Gasteiger partial charge on any atom is 0.238 e. The lowest BCUT2D eigenvalue weighted by Crippen LogP contribution is -2.32. The van der Waals surface area contributed by atoms with Crippen molar-refractivity contribution < 1.29 is 4.79 Å². The van der Waals surface area contributed by atoms with E-state index in [-0.39, 0.29) is 5.91 Å². The van der Waals surface area contributed by atoms with Crippen LogP contribution in [0.5, 0.6) is 0 Å². The second kappa shape index (κ2) is 7.25. The Labute approximate surface area is 115 Å². The molecular formula is C13H25N5O. The number of hydrogen-bond acceptors (Lipinski definition) is 4. The minimum absolute atomic E-state index is 0.00570. The number of carbonyl (C=O) groups excluding carboxylic acids is 1. The monoisotopic (exact) mass is 267 g/mol. The lowest BCUT2D eigenvalue weighted by atomic mass is 10.3. The molecule has 1 aromatic rings. The summed E-state index contributed by atoms with van der Waals surface area (Å²) < 4.78 is 1.78. The number of likely N-dealkylation sites (N-methyl/N-ethyl adjacent to an activating group) is 1. The molecule has 6 heteroatoms. The summed E-state index contributed by atoms with van der Waals surface area (Å²) in [6.07, 6.45) is 1.03. The topological polar surface area (TPSA) is 62.2 Å². The van der Waals surface area contributed by atoms with Crippen molar-refractivity contribution in [2.45, 2.75) is 20.3 Å². The molecule has 1 rings (SSSR count). The van der Waals surface area contributed by atoms with E-state index < -0.39 is 0 Å². The van der Waals surface area contributed by atoms with Gasteiger partial charge in [0.1, 0.15) is 0 Å². The normalized spacial score (nSPS) is 11.1. The van der Waals surface area contributed by atoms with E-state index in [0.717, 1.165) is 36.6 Å². The van der Waals surface area contributed by atoms with Gasteiger partial charge in [0.15, 0.2) is 0 Å². The van der Waals surface area contributed by atoms with E-state index in [1.807, 2.05) is 39.9 Å². The van der Waals surface area contributed by atoms with Crippen LogP contribution in [-0.2, 0) is 11.8 Å². The summed E-state index contributed by atoms with van der Waals surface area (Å²) >= 11 is 0. The molecule has 6 nitrogen and oxygen atoms in total. The third-order valence-electron chi connectivity index (χ3n) is 3.15. The summed E-state index contributed by atoms with van der Waals surface area (Å²) in [6.45, 7) is 6.12. The van der Waals surface area contributed by atoms with Crippen LogP contribution in [0.2, 0.25) is 0 Å². The maximum absolute atomic E-state index is 12.0. The van der Waals surface area contributed by atoms with E-state index in [0.29, 0.717) is 6.54 Å². The van der Waals surface area contributed by atoms with Gasteiger partial charge in [-0.1, -0.05) is 0 Å². The van der Waals surface area contributed by atoms with Gasteiger partial charge in [0, 0.05) is 7.05 Å². The zero-order valence-electron chi connectivity index (χ0n) is 12.6. The Bertz CT molecular complexity index is 427. The van der Waals surface area contributed by atoms with E-state index >= 15 is 0 Å². The molecule has 0 spiro atoms. The molecule has 2 N–H and O–H groups in total. The quantitative estimate of drug-likeness (QED) is 0.707. The van der Waals surface area contributed by atoms with Gasteiger partial charge in [0.2, 0.25) is 5.91 Å². The summed E-state index contributed by atoms with van der Waals surface area (Å²) in [4.78, 5) is 14.0. The Balaban J connectivity index is 2.46. The van der Waals surface area contributed by atoms with Crippen LogP contribution in [0, 0.1) is 13.8 Å². The number of anilines is 1. The van der Waals surface area contributed by atoms with Crippen LogP contribution in [0.3, 0.4) is 0 Å². The third kappa shape index (κ3) is 4.65. The average molecular weight is 267 g/mol. The van der Waals surface area contributed by atoms with Gasteiger partial charge in [0.25, 0.3) is 0 Å². The Kier molecular flexibility index (Phi) is 5.98. The lowest BCUT2D eigenvalue weighted by Gasteiger charge is -2.16. The fraction of sp³-hybridized carbons (Fsp3) is 0.692. The number of nitrogens with zero attached hydrogens (tertiary/aromatic N) is 3. The molecule has 0 bridgehead atoms. The Morgan fingerprint density at radius 1 is 1.42 bits per heavy atom. The average Bonchev–Trinajstić information content (AvgIpc) is 2.56. The van der Waals surface area contributed by atoms with E-state index in [9.17, 15) is 4.79 Å². The third-order valence-corrected chi connectivity index (χ3v) is 3.15. The number of aromatic nitrogens is 2. The van der Waals surface area contributed by atoms with Crippen LogP contribution < -0.4 is 10.6 Å². The van der Waals surface area contributed by atoms with Gasteiger partial charge in [0.05, 0.1) is 23.6 Å². The molecule has 0 unspecified atom stereocenters. The summed E-state index contributed by atoms with van der Waals surface area (Å²) in [5.41, 5.74) is 2.66. The minimum atomic E-state index is 0.00570. The zero-order chi connectivity index (χ0) is 14.4. The molecule has 0 radical (unpaired) electrons. The van der Waals surface area contributed by atoms with Gasteiger partial charge in [-0.3, -0.25) is 14.4 Å². The Morgan fingerprint density at radius 2 is 2.11 bits per heavy atom. The van der Waals surface area contributed by atoms with Gasteiger partial charge < -0.3 is 10.6 Å². The first-order valence-corrected chi connectivity index (χ1v) is 6.59. The first kappa shape index (κ1) is 15.7. The largest absolute Gasteiger partial charge is 0.322 e. The maximum atomic E-state index is 12.0. The van der Waals surface area contributed by atoms with Crippen molar-refractivity contribution in [3.8, 4) is 0 Å².